The van der Waals surface area contributed by atoms with Crippen LogP contribution in [0.1, 0.15) is 26.7 Å². The fourth-order valence-electron chi connectivity index (χ4n) is 1.23. The predicted octanol–water partition coefficient (Wildman–Crippen LogP) is 0.837. The van der Waals surface area contributed by atoms with Crippen molar-refractivity contribution in [2.45, 2.75) is 26.7 Å². The van der Waals surface area contributed by atoms with E-state index >= 15 is 0 Å². The normalized spacial score (nSPS) is 11.4. The summed E-state index contributed by atoms with van der Waals surface area (Å²) in [6.07, 6.45) is 2.92. The van der Waals surface area contributed by atoms with E-state index in [1.807, 2.05) is 6.92 Å². The van der Waals surface area contributed by atoms with Crippen LogP contribution in [0.15, 0.2) is 12.7 Å². The number of carbonyl (C=O) groups excluding carboxylic acids is 3. The SMILES string of the molecule is C=CCOC(=O)CNC(=O)C(=O)C(C)CCC. The van der Waals surface area contributed by atoms with Crippen molar-refractivity contribution in [1.82, 2.24) is 5.32 Å². The zero-order valence-electron chi connectivity index (χ0n) is 10.3. The molecule has 0 saturated heterocycles. The number of amides is 1. The van der Waals surface area contributed by atoms with Gasteiger partial charge in [0, 0.05) is 5.92 Å². The number of hydrogen-bond donors (Lipinski definition) is 1. The largest absolute Gasteiger partial charge is 0.460 e. The molecule has 0 fully saturated rings. The van der Waals surface area contributed by atoms with Crippen molar-refractivity contribution in [3.05, 3.63) is 12.7 Å². The lowest BCUT2D eigenvalue weighted by Gasteiger charge is -2.08. The van der Waals surface area contributed by atoms with E-state index in [1.54, 1.807) is 6.92 Å². The minimum atomic E-state index is -0.735. The molecule has 0 radical (unpaired) electrons. The van der Waals surface area contributed by atoms with Crippen LogP contribution in [0.2, 0.25) is 0 Å². The first-order valence-electron chi connectivity index (χ1n) is 5.61. The highest BCUT2D eigenvalue weighted by Crippen LogP contribution is 2.05. The zero-order valence-corrected chi connectivity index (χ0v) is 10.3. The molecule has 1 N–H and O–H groups in total. The monoisotopic (exact) mass is 241 g/mol. The molecule has 5 heteroatoms. The summed E-state index contributed by atoms with van der Waals surface area (Å²) < 4.78 is 4.65. The Labute approximate surface area is 101 Å². The molecule has 0 aliphatic heterocycles. The maximum absolute atomic E-state index is 11.5. The summed E-state index contributed by atoms with van der Waals surface area (Å²) in [5, 5.41) is 2.23. The van der Waals surface area contributed by atoms with Gasteiger partial charge in [-0.2, -0.15) is 0 Å². The fraction of sp³-hybridized carbons (Fsp3) is 0.583. The first-order chi connectivity index (χ1) is 8.02. The summed E-state index contributed by atoms with van der Waals surface area (Å²) in [5.74, 6) is -2.14. The van der Waals surface area contributed by atoms with E-state index in [0.29, 0.717) is 6.42 Å². The molecule has 0 spiro atoms. The Kier molecular flexibility index (Phi) is 7.67. The first kappa shape index (κ1) is 15.3. The molecule has 0 aromatic heterocycles. The number of rotatable bonds is 8. The molecule has 0 saturated carbocycles. The van der Waals surface area contributed by atoms with E-state index in [9.17, 15) is 14.4 Å². The van der Waals surface area contributed by atoms with E-state index in [4.69, 9.17) is 0 Å². The van der Waals surface area contributed by atoms with Crippen molar-refractivity contribution in [2.24, 2.45) is 5.92 Å². The van der Waals surface area contributed by atoms with E-state index in [-0.39, 0.29) is 19.1 Å². The molecule has 1 unspecified atom stereocenters. The van der Waals surface area contributed by atoms with Crippen LogP contribution in [0.3, 0.4) is 0 Å². The Bertz CT molecular complexity index is 299. The second kappa shape index (κ2) is 8.50. The average molecular weight is 241 g/mol. The van der Waals surface area contributed by atoms with Crippen molar-refractivity contribution in [1.29, 1.82) is 0 Å². The van der Waals surface area contributed by atoms with Gasteiger partial charge in [0.2, 0.25) is 5.78 Å². The highest BCUT2D eigenvalue weighted by Gasteiger charge is 2.20. The van der Waals surface area contributed by atoms with Crippen LogP contribution in [0.25, 0.3) is 0 Å². The summed E-state index contributed by atoms with van der Waals surface area (Å²) in [6.45, 7) is 6.81. The molecule has 0 bridgehead atoms. The van der Waals surface area contributed by atoms with E-state index in [1.165, 1.54) is 6.08 Å². The van der Waals surface area contributed by atoms with Gasteiger partial charge < -0.3 is 10.1 Å². The molecule has 96 valence electrons. The van der Waals surface area contributed by atoms with E-state index < -0.39 is 17.7 Å². The van der Waals surface area contributed by atoms with Crippen LogP contribution < -0.4 is 5.32 Å². The smallest absolute Gasteiger partial charge is 0.325 e. The maximum atomic E-state index is 11.5. The summed E-state index contributed by atoms with van der Waals surface area (Å²) in [7, 11) is 0. The number of nitrogens with one attached hydrogen (secondary N) is 1. The van der Waals surface area contributed by atoms with Gasteiger partial charge in [0.15, 0.2) is 0 Å². The quantitative estimate of drug-likeness (QED) is 0.388. The summed E-state index contributed by atoms with van der Waals surface area (Å²) in [4.78, 5) is 33.9. The van der Waals surface area contributed by atoms with Gasteiger partial charge in [-0.05, 0) is 6.42 Å². The summed E-state index contributed by atoms with van der Waals surface area (Å²) in [6, 6.07) is 0. The van der Waals surface area contributed by atoms with Crippen molar-refractivity contribution >= 4 is 17.7 Å². The standard InChI is InChI=1S/C12H19NO4/c1-4-6-9(3)11(15)12(16)13-8-10(14)17-7-5-2/h5,9H,2,4,6-8H2,1,3H3,(H,13,16). The minimum absolute atomic E-state index is 0.0922. The highest BCUT2D eigenvalue weighted by molar-refractivity contribution is 6.37. The van der Waals surface area contributed by atoms with Gasteiger partial charge in [-0.1, -0.05) is 32.9 Å². The van der Waals surface area contributed by atoms with Crippen LogP contribution in [-0.4, -0.2) is 30.8 Å². The van der Waals surface area contributed by atoms with Gasteiger partial charge in [-0.25, -0.2) is 0 Å². The van der Waals surface area contributed by atoms with Gasteiger partial charge in [-0.3, -0.25) is 14.4 Å². The summed E-state index contributed by atoms with van der Waals surface area (Å²) in [5.41, 5.74) is 0. The molecule has 0 rings (SSSR count). The number of ketones is 1. The maximum Gasteiger partial charge on any atom is 0.325 e. The van der Waals surface area contributed by atoms with Crippen LogP contribution in [0.4, 0.5) is 0 Å². The molecule has 5 nitrogen and oxygen atoms in total. The molecule has 0 aromatic carbocycles. The van der Waals surface area contributed by atoms with Crippen LogP contribution in [0.5, 0.6) is 0 Å². The lowest BCUT2D eigenvalue weighted by molar-refractivity contribution is -0.145. The number of ether oxygens (including phenoxy) is 1. The van der Waals surface area contributed by atoms with Crippen molar-refractivity contribution < 1.29 is 19.1 Å². The van der Waals surface area contributed by atoms with E-state index in [2.05, 4.69) is 16.6 Å². The third-order valence-corrected chi connectivity index (χ3v) is 2.15. The lowest BCUT2D eigenvalue weighted by Crippen LogP contribution is -2.38. The van der Waals surface area contributed by atoms with E-state index in [0.717, 1.165) is 6.42 Å². The van der Waals surface area contributed by atoms with Crippen molar-refractivity contribution in [2.75, 3.05) is 13.2 Å². The Balaban J connectivity index is 3.96. The molecule has 0 heterocycles. The molecule has 1 atom stereocenters. The molecule has 0 aliphatic carbocycles. The highest BCUT2D eigenvalue weighted by atomic mass is 16.5. The fourth-order valence-corrected chi connectivity index (χ4v) is 1.23. The number of hydrogen-bond acceptors (Lipinski definition) is 4. The molecule has 0 aromatic rings. The van der Waals surface area contributed by atoms with Crippen molar-refractivity contribution in [3.63, 3.8) is 0 Å². The Morgan fingerprint density at radius 1 is 1.41 bits per heavy atom. The Morgan fingerprint density at radius 3 is 2.59 bits per heavy atom. The van der Waals surface area contributed by atoms with Gasteiger partial charge in [0.25, 0.3) is 5.91 Å². The first-order valence-corrected chi connectivity index (χ1v) is 5.61. The minimum Gasteiger partial charge on any atom is -0.460 e. The summed E-state index contributed by atoms with van der Waals surface area (Å²) >= 11 is 0. The van der Waals surface area contributed by atoms with Crippen LogP contribution in [-0.2, 0) is 19.1 Å². The van der Waals surface area contributed by atoms with Crippen LogP contribution >= 0.6 is 0 Å². The number of esters is 1. The molecule has 17 heavy (non-hydrogen) atoms. The van der Waals surface area contributed by atoms with Crippen LogP contribution in [0, 0.1) is 5.92 Å². The van der Waals surface area contributed by atoms with Gasteiger partial charge >= 0.3 is 5.97 Å². The molecular formula is C12H19NO4. The third-order valence-electron chi connectivity index (χ3n) is 2.15. The molecular weight excluding hydrogens is 222 g/mol. The van der Waals surface area contributed by atoms with Gasteiger partial charge in [0.05, 0.1) is 0 Å². The second-order valence-electron chi connectivity index (χ2n) is 3.71. The van der Waals surface area contributed by atoms with Gasteiger partial charge in [-0.15, -0.1) is 0 Å². The second-order valence-corrected chi connectivity index (χ2v) is 3.71. The lowest BCUT2D eigenvalue weighted by atomic mass is 10.0. The molecule has 1 amide bonds. The van der Waals surface area contributed by atoms with Gasteiger partial charge in [0.1, 0.15) is 13.2 Å². The Morgan fingerprint density at radius 2 is 2.06 bits per heavy atom. The zero-order chi connectivity index (χ0) is 13.3. The topological polar surface area (TPSA) is 72.5 Å². The third kappa shape index (κ3) is 6.50. The Hall–Kier alpha value is -1.65. The number of Topliss-reactive ketones (excluding diaryl/α,β-unsaturated/α-hetero) is 1. The molecule has 0 aliphatic rings. The predicted molar refractivity (Wildman–Crippen MR) is 63.2 cm³/mol. The van der Waals surface area contributed by atoms with Crippen molar-refractivity contribution in [3.8, 4) is 0 Å². The average Bonchev–Trinajstić information content (AvgIpc) is 2.32. The number of carbonyl (C=O) groups is 3.